The van der Waals surface area contributed by atoms with Crippen LogP contribution in [0, 0.1) is 12.8 Å². The van der Waals surface area contributed by atoms with Crippen molar-refractivity contribution in [3.63, 3.8) is 0 Å². The first kappa shape index (κ1) is 19.0. The Labute approximate surface area is 149 Å². The minimum Gasteiger partial charge on any atom is -0.349 e. The number of carbonyl (C=O) groups excluding carboxylic acids is 1. The molecule has 0 unspecified atom stereocenters. The molecule has 0 aliphatic carbocycles. The van der Waals surface area contributed by atoms with Gasteiger partial charge in [0.15, 0.2) is 0 Å². The van der Waals surface area contributed by atoms with Gasteiger partial charge in [-0.15, -0.1) is 0 Å². The van der Waals surface area contributed by atoms with Crippen LogP contribution in [0.4, 0.5) is 5.69 Å². The molecule has 0 aliphatic heterocycles. The quantitative estimate of drug-likeness (QED) is 0.827. The molecule has 5 nitrogen and oxygen atoms in total. The maximum Gasteiger partial charge on any atom is 0.261 e. The molecule has 25 heavy (non-hydrogen) atoms. The van der Waals surface area contributed by atoms with Crippen LogP contribution >= 0.6 is 0 Å². The lowest BCUT2D eigenvalue weighted by molar-refractivity contribution is 0.0930. The smallest absolute Gasteiger partial charge is 0.261 e. The Morgan fingerprint density at radius 1 is 0.920 bits per heavy atom. The molecule has 0 saturated heterocycles. The second-order valence-electron chi connectivity index (χ2n) is 6.50. The summed E-state index contributed by atoms with van der Waals surface area (Å²) in [5.74, 6) is 0.165. The highest BCUT2D eigenvalue weighted by Gasteiger charge is 2.15. The first-order valence-corrected chi connectivity index (χ1v) is 9.68. The lowest BCUT2D eigenvalue weighted by Crippen LogP contribution is -2.36. The zero-order valence-electron chi connectivity index (χ0n) is 14.9. The summed E-state index contributed by atoms with van der Waals surface area (Å²) < 4.78 is 27.2. The Morgan fingerprint density at radius 2 is 1.48 bits per heavy atom. The average Bonchev–Trinajstić information content (AvgIpc) is 2.55. The third-order valence-corrected chi connectivity index (χ3v) is 5.49. The molecule has 0 aromatic heterocycles. The first-order chi connectivity index (χ1) is 11.7. The van der Waals surface area contributed by atoms with Crippen molar-refractivity contribution in [1.29, 1.82) is 0 Å². The monoisotopic (exact) mass is 360 g/mol. The Hall–Kier alpha value is -2.34. The van der Waals surface area contributed by atoms with Gasteiger partial charge in [0, 0.05) is 17.3 Å². The molecule has 1 atom stereocenters. The van der Waals surface area contributed by atoms with Gasteiger partial charge in [0.05, 0.1) is 4.90 Å². The van der Waals surface area contributed by atoms with Crippen LogP contribution in [0.25, 0.3) is 0 Å². The van der Waals surface area contributed by atoms with E-state index < -0.39 is 10.0 Å². The number of sulfonamides is 1. The van der Waals surface area contributed by atoms with Gasteiger partial charge in [-0.2, -0.15) is 0 Å². The van der Waals surface area contributed by atoms with Gasteiger partial charge in [-0.1, -0.05) is 31.5 Å². The lowest BCUT2D eigenvalue weighted by Gasteiger charge is -2.17. The van der Waals surface area contributed by atoms with Gasteiger partial charge < -0.3 is 5.32 Å². The van der Waals surface area contributed by atoms with Crippen LogP contribution in [0.5, 0.6) is 0 Å². The number of anilines is 1. The molecule has 0 radical (unpaired) electrons. The van der Waals surface area contributed by atoms with E-state index in [1.807, 2.05) is 27.7 Å². The molecule has 0 spiro atoms. The third kappa shape index (κ3) is 5.06. The molecule has 0 heterocycles. The van der Waals surface area contributed by atoms with Crippen LogP contribution in [-0.4, -0.2) is 20.4 Å². The van der Waals surface area contributed by atoms with E-state index in [-0.39, 0.29) is 16.8 Å². The Kier molecular flexibility index (Phi) is 5.85. The summed E-state index contributed by atoms with van der Waals surface area (Å²) in [6.45, 7) is 7.92. The number of hydrogen-bond acceptors (Lipinski definition) is 3. The fraction of sp³-hybridized carbons (Fsp3) is 0.316. The molecule has 2 aromatic carbocycles. The fourth-order valence-corrected chi connectivity index (χ4v) is 3.14. The van der Waals surface area contributed by atoms with Gasteiger partial charge in [-0.05, 0) is 56.2 Å². The number of amides is 1. The van der Waals surface area contributed by atoms with Gasteiger partial charge in [0.25, 0.3) is 15.9 Å². The summed E-state index contributed by atoms with van der Waals surface area (Å²) in [6.07, 6.45) is 0. The van der Waals surface area contributed by atoms with Crippen molar-refractivity contribution in [3.8, 4) is 0 Å². The predicted octanol–water partition coefficient (Wildman–Crippen LogP) is 3.57. The van der Waals surface area contributed by atoms with Crippen LogP contribution in [-0.2, 0) is 10.0 Å². The Bertz CT molecular complexity index is 826. The van der Waals surface area contributed by atoms with Crippen molar-refractivity contribution in [2.24, 2.45) is 5.92 Å². The number of benzene rings is 2. The predicted molar refractivity (Wildman–Crippen MR) is 100 cm³/mol. The van der Waals surface area contributed by atoms with Crippen molar-refractivity contribution in [2.45, 2.75) is 38.6 Å². The van der Waals surface area contributed by atoms with E-state index >= 15 is 0 Å². The molecule has 0 bridgehead atoms. The summed E-state index contributed by atoms with van der Waals surface area (Å²) in [7, 11) is -3.64. The zero-order valence-corrected chi connectivity index (χ0v) is 15.7. The molecule has 6 heteroatoms. The molecule has 2 aromatic rings. The highest BCUT2D eigenvalue weighted by Crippen LogP contribution is 2.17. The van der Waals surface area contributed by atoms with Crippen LogP contribution < -0.4 is 10.0 Å². The van der Waals surface area contributed by atoms with E-state index in [9.17, 15) is 13.2 Å². The fourth-order valence-electron chi connectivity index (χ4n) is 2.08. The number of hydrogen-bond donors (Lipinski definition) is 2. The largest absolute Gasteiger partial charge is 0.349 e. The van der Waals surface area contributed by atoms with Crippen LogP contribution in [0.1, 0.15) is 36.7 Å². The van der Waals surface area contributed by atoms with Gasteiger partial charge in [0.2, 0.25) is 0 Å². The number of aryl methyl sites for hydroxylation is 1. The normalized spacial score (nSPS) is 12.7. The van der Waals surface area contributed by atoms with E-state index in [0.717, 1.165) is 5.56 Å². The number of nitrogens with one attached hydrogen (secondary N) is 2. The molecule has 2 rings (SSSR count). The molecule has 0 aliphatic rings. The topological polar surface area (TPSA) is 75.3 Å². The van der Waals surface area contributed by atoms with Crippen molar-refractivity contribution in [1.82, 2.24) is 5.32 Å². The highest BCUT2D eigenvalue weighted by molar-refractivity contribution is 7.92. The van der Waals surface area contributed by atoms with Crippen molar-refractivity contribution < 1.29 is 13.2 Å². The van der Waals surface area contributed by atoms with Gasteiger partial charge in [0.1, 0.15) is 0 Å². The third-order valence-electron chi connectivity index (χ3n) is 4.09. The zero-order chi connectivity index (χ0) is 18.6. The van der Waals surface area contributed by atoms with E-state index in [0.29, 0.717) is 17.2 Å². The standard InChI is InChI=1S/C19H24N2O3S/c1-13(2)15(4)20-19(22)16-7-9-17(10-8-16)21-25(23,24)18-11-5-14(3)6-12-18/h5-13,15,21H,1-4H3,(H,20,22)/t15-/m0/s1. The van der Waals surface area contributed by atoms with E-state index in [2.05, 4.69) is 10.0 Å². The van der Waals surface area contributed by atoms with Crippen molar-refractivity contribution in [2.75, 3.05) is 4.72 Å². The molecule has 0 saturated carbocycles. The Balaban J connectivity index is 2.09. The van der Waals surface area contributed by atoms with E-state index in [1.54, 1.807) is 48.5 Å². The highest BCUT2D eigenvalue weighted by atomic mass is 32.2. The molecule has 0 fully saturated rings. The summed E-state index contributed by atoms with van der Waals surface area (Å²) in [4.78, 5) is 12.4. The molecule has 1 amide bonds. The van der Waals surface area contributed by atoms with Crippen LogP contribution in [0.15, 0.2) is 53.4 Å². The number of rotatable bonds is 6. The molecule has 134 valence electrons. The SMILES string of the molecule is Cc1ccc(S(=O)(=O)Nc2ccc(C(=O)N[C@@H](C)C(C)C)cc2)cc1. The van der Waals surface area contributed by atoms with Crippen molar-refractivity contribution >= 4 is 21.6 Å². The molecular weight excluding hydrogens is 336 g/mol. The minimum absolute atomic E-state index is 0.0622. The maximum atomic E-state index is 12.4. The van der Waals surface area contributed by atoms with E-state index in [4.69, 9.17) is 0 Å². The average molecular weight is 360 g/mol. The summed E-state index contributed by atoms with van der Waals surface area (Å²) >= 11 is 0. The van der Waals surface area contributed by atoms with Gasteiger partial charge in [-0.25, -0.2) is 8.42 Å². The maximum absolute atomic E-state index is 12.4. The Morgan fingerprint density at radius 3 is 2.00 bits per heavy atom. The lowest BCUT2D eigenvalue weighted by atomic mass is 10.1. The minimum atomic E-state index is -3.64. The second kappa shape index (κ2) is 7.70. The van der Waals surface area contributed by atoms with Crippen LogP contribution in [0.3, 0.4) is 0 Å². The summed E-state index contributed by atoms with van der Waals surface area (Å²) in [5.41, 5.74) is 1.89. The second-order valence-corrected chi connectivity index (χ2v) is 8.18. The molecule has 2 N–H and O–H groups in total. The summed E-state index contributed by atoms with van der Waals surface area (Å²) in [5, 5.41) is 2.92. The molecular formula is C19H24N2O3S. The van der Waals surface area contributed by atoms with Crippen molar-refractivity contribution in [3.05, 3.63) is 59.7 Å². The summed E-state index contributed by atoms with van der Waals surface area (Å²) in [6, 6.07) is 13.1. The van der Waals surface area contributed by atoms with E-state index in [1.165, 1.54) is 0 Å². The van der Waals surface area contributed by atoms with Crippen LogP contribution in [0.2, 0.25) is 0 Å². The van der Waals surface area contributed by atoms with Gasteiger partial charge in [-0.3, -0.25) is 9.52 Å². The first-order valence-electron chi connectivity index (χ1n) is 8.19. The number of carbonyl (C=O) groups is 1. The van der Waals surface area contributed by atoms with Gasteiger partial charge >= 0.3 is 0 Å².